The Morgan fingerprint density at radius 2 is 1.86 bits per heavy atom. The summed E-state index contributed by atoms with van der Waals surface area (Å²) >= 11 is 0. The van der Waals surface area contributed by atoms with Gasteiger partial charge in [0.25, 0.3) is 5.91 Å². The van der Waals surface area contributed by atoms with Gasteiger partial charge in [0, 0.05) is 31.8 Å². The molecule has 0 fully saturated rings. The van der Waals surface area contributed by atoms with Crippen molar-refractivity contribution in [2.24, 2.45) is 0 Å². The summed E-state index contributed by atoms with van der Waals surface area (Å²) in [4.78, 5) is 26.1. The van der Waals surface area contributed by atoms with Gasteiger partial charge in [-0.2, -0.15) is 0 Å². The topological polar surface area (TPSA) is 84.0 Å². The molecule has 2 aromatic carbocycles. The molecule has 1 unspecified atom stereocenters. The Morgan fingerprint density at radius 1 is 1.18 bits per heavy atom. The summed E-state index contributed by atoms with van der Waals surface area (Å²) in [5.74, 6) is -2.17. The standard InChI is InChI=1S/C19H19FN2O5S/c1-21(2)28(25,26)17-11-13(8-9-14(17)20)18(23)22-15-7-5-4-6-12(15)10-16(22)19(24)27-3/h4-9,11,16H,10H2,1-3H3. The van der Waals surface area contributed by atoms with Crippen molar-refractivity contribution in [1.29, 1.82) is 0 Å². The number of benzene rings is 2. The van der Waals surface area contributed by atoms with Gasteiger partial charge in [-0.05, 0) is 29.8 Å². The van der Waals surface area contributed by atoms with E-state index in [9.17, 15) is 22.4 Å². The lowest BCUT2D eigenvalue weighted by Gasteiger charge is -2.24. The number of anilines is 1. The van der Waals surface area contributed by atoms with Gasteiger partial charge in [-0.3, -0.25) is 9.69 Å². The molecule has 0 saturated heterocycles. The van der Waals surface area contributed by atoms with Crippen LogP contribution in [0.1, 0.15) is 15.9 Å². The number of para-hydroxylation sites is 1. The molecule has 1 amide bonds. The van der Waals surface area contributed by atoms with Crippen LogP contribution in [0.15, 0.2) is 47.4 Å². The van der Waals surface area contributed by atoms with E-state index in [1.807, 2.05) is 0 Å². The molecular weight excluding hydrogens is 387 g/mol. The predicted molar refractivity (Wildman–Crippen MR) is 100 cm³/mol. The summed E-state index contributed by atoms with van der Waals surface area (Å²) in [6, 6.07) is 9.24. The van der Waals surface area contributed by atoms with Crippen molar-refractivity contribution in [3.63, 3.8) is 0 Å². The number of fused-ring (bicyclic) bond motifs is 1. The Kier molecular flexibility index (Phi) is 5.22. The minimum atomic E-state index is -4.09. The molecule has 2 aromatic rings. The second-order valence-electron chi connectivity index (χ2n) is 6.48. The Balaban J connectivity index is 2.09. The minimum Gasteiger partial charge on any atom is -0.467 e. The highest BCUT2D eigenvalue weighted by atomic mass is 32.2. The van der Waals surface area contributed by atoms with Gasteiger partial charge in [0.1, 0.15) is 16.8 Å². The molecule has 148 valence electrons. The van der Waals surface area contributed by atoms with Crippen molar-refractivity contribution < 1.29 is 27.1 Å². The van der Waals surface area contributed by atoms with Crippen molar-refractivity contribution >= 4 is 27.6 Å². The highest BCUT2D eigenvalue weighted by molar-refractivity contribution is 7.89. The van der Waals surface area contributed by atoms with Crippen LogP contribution in [0.25, 0.3) is 0 Å². The summed E-state index contributed by atoms with van der Waals surface area (Å²) in [6.45, 7) is 0. The number of sulfonamides is 1. The lowest BCUT2D eigenvalue weighted by Crippen LogP contribution is -2.43. The molecule has 1 atom stereocenters. The van der Waals surface area contributed by atoms with Gasteiger partial charge in [-0.15, -0.1) is 0 Å². The molecule has 0 radical (unpaired) electrons. The molecule has 0 spiro atoms. The van der Waals surface area contributed by atoms with E-state index < -0.39 is 38.7 Å². The van der Waals surface area contributed by atoms with Crippen molar-refractivity contribution in [1.82, 2.24) is 4.31 Å². The molecule has 0 aliphatic carbocycles. The zero-order chi connectivity index (χ0) is 20.6. The normalized spacial score (nSPS) is 16.2. The minimum absolute atomic E-state index is 0.0487. The summed E-state index contributed by atoms with van der Waals surface area (Å²) in [5.41, 5.74) is 1.27. The van der Waals surface area contributed by atoms with Crippen LogP contribution >= 0.6 is 0 Å². The first kappa shape index (κ1) is 20.0. The fraction of sp³-hybridized carbons (Fsp3) is 0.263. The highest BCUT2D eigenvalue weighted by Crippen LogP contribution is 2.34. The van der Waals surface area contributed by atoms with Crippen LogP contribution in [-0.2, 0) is 26.0 Å². The second kappa shape index (κ2) is 7.33. The molecule has 1 aliphatic heterocycles. The molecule has 28 heavy (non-hydrogen) atoms. The smallest absolute Gasteiger partial charge is 0.329 e. The molecular formula is C19H19FN2O5S. The van der Waals surface area contributed by atoms with Crippen LogP contribution in [0, 0.1) is 5.82 Å². The molecule has 0 saturated carbocycles. The predicted octanol–water partition coefficient (Wildman–Crippen LogP) is 1.82. The van der Waals surface area contributed by atoms with E-state index in [0.717, 1.165) is 22.0 Å². The number of amides is 1. The summed E-state index contributed by atoms with van der Waals surface area (Å²) in [6.07, 6.45) is 0.276. The van der Waals surface area contributed by atoms with Gasteiger partial charge in [-0.1, -0.05) is 18.2 Å². The summed E-state index contributed by atoms with van der Waals surface area (Å²) < 4.78 is 44.5. The van der Waals surface area contributed by atoms with Crippen molar-refractivity contribution in [2.75, 3.05) is 26.1 Å². The quantitative estimate of drug-likeness (QED) is 0.724. The molecule has 1 heterocycles. The van der Waals surface area contributed by atoms with E-state index in [1.165, 1.54) is 32.2 Å². The van der Waals surface area contributed by atoms with Crippen LogP contribution in [0.3, 0.4) is 0 Å². The van der Waals surface area contributed by atoms with Gasteiger partial charge in [0.2, 0.25) is 10.0 Å². The van der Waals surface area contributed by atoms with Gasteiger partial charge >= 0.3 is 5.97 Å². The van der Waals surface area contributed by atoms with E-state index in [1.54, 1.807) is 24.3 Å². The SMILES string of the molecule is COC(=O)C1Cc2ccccc2N1C(=O)c1ccc(F)c(S(=O)(=O)N(C)C)c1. The van der Waals surface area contributed by atoms with Crippen LogP contribution in [0.5, 0.6) is 0 Å². The largest absolute Gasteiger partial charge is 0.467 e. The first-order valence-electron chi connectivity index (χ1n) is 8.40. The summed E-state index contributed by atoms with van der Waals surface area (Å²) in [5, 5.41) is 0. The van der Waals surface area contributed by atoms with E-state index in [-0.39, 0.29) is 12.0 Å². The Hall–Kier alpha value is -2.78. The first-order valence-corrected chi connectivity index (χ1v) is 9.84. The third-order valence-electron chi connectivity index (χ3n) is 4.60. The van der Waals surface area contributed by atoms with E-state index in [4.69, 9.17) is 4.74 Å². The maximum atomic E-state index is 14.2. The van der Waals surface area contributed by atoms with Crippen LogP contribution in [-0.4, -0.2) is 51.8 Å². The molecule has 0 N–H and O–H groups in total. The number of methoxy groups -OCH3 is 1. The zero-order valence-corrected chi connectivity index (χ0v) is 16.4. The number of carbonyl (C=O) groups excluding carboxylic acids is 2. The lowest BCUT2D eigenvalue weighted by molar-refractivity contribution is -0.141. The maximum Gasteiger partial charge on any atom is 0.329 e. The van der Waals surface area contributed by atoms with Gasteiger partial charge in [-0.25, -0.2) is 21.9 Å². The summed E-state index contributed by atoms with van der Waals surface area (Å²) in [7, 11) is -0.314. The number of rotatable bonds is 4. The monoisotopic (exact) mass is 406 g/mol. The number of hydrogen-bond acceptors (Lipinski definition) is 5. The number of carbonyl (C=O) groups is 2. The van der Waals surface area contributed by atoms with Gasteiger partial charge in [0.05, 0.1) is 7.11 Å². The molecule has 0 bridgehead atoms. The van der Waals surface area contributed by atoms with Crippen molar-refractivity contribution in [3.05, 3.63) is 59.4 Å². The Bertz CT molecular complexity index is 1050. The van der Waals surface area contributed by atoms with E-state index >= 15 is 0 Å². The van der Waals surface area contributed by atoms with Crippen molar-refractivity contribution in [2.45, 2.75) is 17.4 Å². The third kappa shape index (κ3) is 3.27. The van der Waals surface area contributed by atoms with E-state index in [2.05, 4.69) is 0 Å². The second-order valence-corrected chi connectivity index (χ2v) is 8.60. The Labute approximate surface area is 162 Å². The molecule has 7 nitrogen and oxygen atoms in total. The maximum absolute atomic E-state index is 14.2. The average Bonchev–Trinajstić information content (AvgIpc) is 3.06. The number of nitrogens with zero attached hydrogens (tertiary/aromatic N) is 2. The zero-order valence-electron chi connectivity index (χ0n) is 15.5. The molecule has 3 rings (SSSR count). The van der Waals surface area contributed by atoms with Gasteiger partial charge in [0.15, 0.2) is 0 Å². The lowest BCUT2D eigenvalue weighted by atomic mass is 10.1. The van der Waals surface area contributed by atoms with Gasteiger partial charge < -0.3 is 4.74 Å². The fourth-order valence-electron chi connectivity index (χ4n) is 3.13. The average molecular weight is 406 g/mol. The number of hydrogen-bond donors (Lipinski definition) is 0. The van der Waals surface area contributed by atoms with Crippen LogP contribution in [0.4, 0.5) is 10.1 Å². The third-order valence-corrected chi connectivity index (χ3v) is 6.44. The van der Waals surface area contributed by atoms with E-state index in [0.29, 0.717) is 5.69 Å². The fourth-order valence-corrected chi connectivity index (χ4v) is 4.12. The highest BCUT2D eigenvalue weighted by Gasteiger charge is 2.39. The number of esters is 1. The van der Waals surface area contributed by atoms with Crippen LogP contribution < -0.4 is 4.90 Å². The molecule has 9 heteroatoms. The van der Waals surface area contributed by atoms with Crippen LogP contribution in [0.2, 0.25) is 0 Å². The Morgan fingerprint density at radius 3 is 2.50 bits per heavy atom. The molecule has 0 aromatic heterocycles. The first-order chi connectivity index (χ1) is 13.2. The van der Waals surface area contributed by atoms with Crippen molar-refractivity contribution in [3.8, 4) is 0 Å². The number of halogens is 1. The molecule has 1 aliphatic rings. The number of ether oxygens (including phenoxy) is 1.